The van der Waals surface area contributed by atoms with Gasteiger partial charge in [0, 0.05) is 5.92 Å². The van der Waals surface area contributed by atoms with Crippen LogP contribution in [-0.2, 0) is 15.7 Å². The number of carbonyl (C=O) groups excluding carboxylic acids is 1. The molecular weight excluding hydrogens is 333 g/mol. The molecule has 0 spiro atoms. The van der Waals surface area contributed by atoms with Gasteiger partial charge in [0.1, 0.15) is 5.75 Å². The molecule has 0 saturated heterocycles. The summed E-state index contributed by atoms with van der Waals surface area (Å²) in [5.41, 5.74) is 0.695. The molecule has 0 N–H and O–H groups in total. The maximum atomic E-state index is 12.7. The molecule has 0 saturated carbocycles. The lowest BCUT2D eigenvalue weighted by Gasteiger charge is -2.18. The summed E-state index contributed by atoms with van der Waals surface area (Å²) in [4.78, 5) is 11.9. The molecule has 0 aliphatic carbocycles. The van der Waals surface area contributed by atoms with Gasteiger partial charge in [0.2, 0.25) is 0 Å². The minimum atomic E-state index is -4.39. The highest BCUT2D eigenvalue weighted by molar-refractivity contribution is 5.71. The highest BCUT2D eigenvalue weighted by Gasteiger charge is 2.30. The van der Waals surface area contributed by atoms with Gasteiger partial charge in [-0.05, 0) is 42.3 Å². The summed E-state index contributed by atoms with van der Waals surface area (Å²) in [6.07, 6.45) is -4.35. The van der Waals surface area contributed by atoms with E-state index in [1.807, 2.05) is 0 Å². The molecule has 0 aliphatic rings. The second kappa shape index (κ2) is 8.05. The van der Waals surface area contributed by atoms with Crippen molar-refractivity contribution in [2.75, 3.05) is 13.7 Å². The van der Waals surface area contributed by atoms with Crippen LogP contribution < -0.4 is 4.74 Å². The fourth-order valence-corrected chi connectivity index (χ4v) is 2.56. The molecule has 0 heterocycles. The van der Waals surface area contributed by atoms with Crippen LogP contribution in [0.15, 0.2) is 48.5 Å². The Morgan fingerprint density at radius 2 is 1.52 bits per heavy atom. The van der Waals surface area contributed by atoms with Gasteiger partial charge in [-0.25, -0.2) is 0 Å². The second-order valence-corrected chi connectivity index (χ2v) is 5.45. The molecule has 0 radical (unpaired) electrons. The van der Waals surface area contributed by atoms with Gasteiger partial charge >= 0.3 is 12.1 Å². The Bertz CT molecular complexity index is 691. The Labute approximate surface area is 144 Å². The van der Waals surface area contributed by atoms with Crippen molar-refractivity contribution < 1.29 is 27.4 Å². The third-order valence-electron chi connectivity index (χ3n) is 3.83. The van der Waals surface area contributed by atoms with E-state index < -0.39 is 23.6 Å². The van der Waals surface area contributed by atoms with E-state index >= 15 is 0 Å². The number of ether oxygens (including phenoxy) is 2. The first-order chi connectivity index (χ1) is 11.8. The van der Waals surface area contributed by atoms with Crippen molar-refractivity contribution in [3.63, 3.8) is 0 Å². The number of halogens is 3. The molecule has 134 valence electrons. The van der Waals surface area contributed by atoms with Crippen molar-refractivity contribution in [2.24, 2.45) is 0 Å². The van der Waals surface area contributed by atoms with Gasteiger partial charge in [0.05, 0.1) is 25.7 Å². The van der Waals surface area contributed by atoms with Crippen molar-refractivity contribution in [1.29, 1.82) is 0 Å². The molecule has 2 aromatic rings. The quantitative estimate of drug-likeness (QED) is 0.701. The van der Waals surface area contributed by atoms with Crippen LogP contribution in [0.3, 0.4) is 0 Å². The molecule has 0 amide bonds. The predicted octanol–water partition coefficient (Wildman–Crippen LogP) is 4.80. The Morgan fingerprint density at radius 1 is 1.00 bits per heavy atom. The fraction of sp³-hybridized carbons (Fsp3) is 0.316. The fourth-order valence-electron chi connectivity index (χ4n) is 2.56. The number of alkyl halides is 3. The monoisotopic (exact) mass is 352 g/mol. The molecule has 2 aromatic carbocycles. The van der Waals surface area contributed by atoms with E-state index in [0.717, 1.165) is 17.7 Å². The van der Waals surface area contributed by atoms with Crippen molar-refractivity contribution in [2.45, 2.75) is 25.4 Å². The number of hydrogen-bond donors (Lipinski definition) is 0. The topological polar surface area (TPSA) is 35.5 Å². The number of carbonyl (C=O) groups is 1. The van der Waals surface area contributed by atoms with Gasteiger partial charge in [-0.15, -0.1) is 0 Å². The lowest BCUT2D eigenvalue weighted by atomic mass is 9.88. The first-order valence-corrected chi connectivity index (χ1v) is 7.82. The van der Waals surface area contributed by atoms with Crippen molar-refractivity contribution in [3.8, 4) is 5.75 Å². The maximum Gasteiger partial charge on any atom is 0.416 e. The van der Waals surface area contributed by atoms with E-state index in [1.54, 1.807) is 38.3 Å². The van der Waals surface area contributed by atoms with E-state index in [4.69, 9.17) is 9.47 Å². The Kier molecular flexibility index (Phi) is 6.07. The highest BCUT2D eigenvalue weighted by Crippen LogP contribution is 2.33. The smallest absolute Gasteiger partial charge is 0.416 e. The summed E-state index contributed by atoms with van der Waals surface area (Å²) in [5.74, 6) is -0.137. The van der Waals surface area contributed by atoms with Crippen molar-refractivity contribution in [3.05, 3.63) is 65.2 Å². The molecule has 0 fully saturated rings. The summed E-state index contributed by atoms with van der Waals surface area (Å²) in [7, 11) is 1.54. The van der Waals surface area contributed by atoms with Crippen molar-refractivity contribution >= 4 is 5.97 Å². The average Bonchev–Trinajstić information content (AvgIpc) is 2.59. The van der Waals surface area contributed by atoms with E-state index in [0.29, 0.717) is 11.3 Å². The molecule has 2 rings (SSSR count). The van der Waals surface area contributed by atoms with Crippen LogP contribution in [0.4, 0.5) is 13.2 Å². The van der Waals surface area contributed by atoms with Gasteiger partial charge in [-0.2, -0.15) is 13.2 Å². The van der Waals surface area contributed by atoms with Crippen LogP contribution >= 0.6 is 0 Å². The van der Waals surface area contributed by atoms with Gasteiger partial charge in [-0.1, -0.05) is 24.3 Å². The molecule has 0 aliphatic heterocycles. The first kappa shape index (κ1) is 18.8. The average molecular weight is 352 g/mol. The lowest BCUT2D eigenvalue weighted by Crippen LogP contribution is -2.12. The number of benzene rings is 2. The number of esters is 1. The second-order valence-electron chi connectivity index (χ2n) is 5.45. The minimum absolute atomic E-state index is 0.0472. The normalized spacial score (nSPS) is 12.5. The molecule has 0 bridgehead atoms. The SMILES string of the molecule is CCOC(=O)CC(c1ccc(OC)cc1)c1ccc(C(F)(F)F)cc1. The Hall–Kier alpha value is -2.50. The zero-order valence-corrected chi connectivity index (χ0v) is 14.0. The molecule has 1 unspecified atom stereocenters. The van der Waals surface area contributed by atoms with Crippen molar-refractivity contribution in [1.82, 2.24) is 0 Å². The molecule has 25 heavy (non-hydrogen) atoms. The molecule has 1 atom stereocenters. The van der Waals surface area contributed by atoms with E-state index in [1.165, 1.54) is 12.1 Å². The third kappa shape index (κ3) is 4.98. The summed E-state index contributed by atoms with van der Waals surface area (Å²) < 4.78 is 48.4. The molecule has 0 aromatic heterocycles. The summed E-state index contributed by atoms with van der Waals surface area (Å²) in [5, 5.41) is 0. The van der Waals surface area contributed by atoms with Gasteiger partial charge in [0.25, 0.3) is 0 Å². The van der Waals surface area contributed by atoms with Gasteiger partial charge in [0.15, 0.2) is 0 Å². The van der Waals surface area contributed by atoms with Crippen LogP contribution in [0.25, 0.3) is 0 Å². The molecular formula is C19H19F3O3. The summed E-state index contributed by atoms with van der Waals surface area (Å²) in [6.45, 7) is 1.96. The summed E-state index contributed by atoms with van der Waals surface area (Å²) in [6, 6.07) is 11.9. The number of methoxy groups -OCH3 is 1. The van der Waals surface area contributed by atoms with Crippen LogP contribution in [0.1, 0.15) is 36.0 Å². The summed E-state index contributed by atoms with van der Waals surface area (Å²) >= 11 is 0. The van der Waals surface area contributed by atoms with Gasteiger partial charge in [-0.3, -0.25) is 4.79 Å². The molecule has 3 nitrogen and oxygen atoms in total. The number of hydrogen-bond acceptors (Lipinski definition) is 3. The van der Waals surface area contributed by atoms with Crippen LogP contribution in [0.5, 0.6) is 5.75 Å². The van der Waals surface area contributed by atoms with Crippen LogP contribution in [0.2, 0.25) is 0 Å². The Balaban J connectivity index is 2.34. The van der Waals surface area contributed by atoms with E-state index in [9.17, 15) is 18.0 Å². The zero-order valence-electron chi connectivity index (χ0n) is 14.0. The lowest BCUT2D eigenvalue weighted by molar-refractivity contribution is -0.143. The maximum absolute atomic E-state index is 12.7. The first-order valence-electron chi connectivity index (χ1n) is 7.82. The van der Waals surface area contributed by atoms with E-state index in [2.05, 4.69) is 0 Å². The van der Waals surface area contributed by atoms with Crippen LogP contribution in [0, 0.1) is 0 Å². The predicted molar refractivity (Wildman–Crippen MR) is 87.5 cm³/mol. The number of rotatable bonds is 6. The Morgan fingerprint density at radius 3 is 1.96 bits per heavy atom. The minimum Gasteiger partial charge on any atom is -0.497 e. The van der Waals surface area contributed by atoms with E-state index in [-0.39, 0.29) is 13.0 Å². The zero-order chi connectivity index (χ0) is 18.4. The standard InChI is InChI=1S/C19H19F3O3/c1-3-25-18(23)12-17(14-6-10-16(24-2)11-7-14)13-4-8-15(9-5-13)19(20,21)22/h4-11,17H,3,12H2,1-2H3. The largest absolute Gasteiger partial charge is 0.497 e. The third-order valence-corrected chi connectivity index (χ3v) is 3.83. The molecule has 6 heteroatoms. The van der Waals surface area contributed by atoms with Gasteiger partial charge < -0.3 is 9.47 Å². The van der Waals surface area contributed by atoms with Crippen LogP contribution in [-0.4, -0.2) is 19.7 Å². The highest BCUT2D eigenvalue weighted by atomic mass is 19.4.